The summed E-state index contributed by atoms with van der Waals surface area (Å²) in [5, 5.41) is 0. The highest BCUT2D eigenvalue weighted by Gasteiger charge is 2.29. The Kier molecular flexibility index (Phi) is 3.32. The number of hydrogen-bond donors (Lipinski definition) is 1. The fourth-order valence-corrected chi connectivity index (χ4v) is 2.24. The first-order valence-corrected chi connectivity index (χ1v) is 6.19. The largest absolute Gasteiger partial charge is 0.493 e. The summed E-state index contributed by atoms with van der Waals surface area (Å²) in [6.07, 6.45) is 2.54. The Morgan fingerprint density at radius 3 is 2.80 bits per heavy atom. The highest BCUT2D eigenvalue weighted by molar-refractivity contribution is 9.10. The fourth-order valence-electron chi connectivity index (χ4n) is 1.72. The van der Waals surface area contributed by atoms with Crippen molar-refractivity contribution in [3.05, 3.63) is 28.2 Å². The van der Waals surface area contributed by atoms with Crippen molar-refractivity contribution in [3.63, 3.8) is 0 Å². The van der Waals surface area contributed by atoms with Crippen molar-refractivity contribution in [1.29, 1.82) is 0 Å². The summed E-state index contributed by atoms with van der Waals surface area (Å²) >= 11 is 3.51. The van der Waals surface area contributed by atoms with Crippen LogP contribution in [0.3, 0.4) is 0 Å². The van der Waals surface area contributed by atoms with Crippen LogP contribution >= 0.6 is 15.9 Å². The first kappa shape index (κ1) is 11.0. The first-order chi connectivity index (χ1) is 7.22. The Bertz CT molecular complexity index is 349. The van der Waals surface area contributed by atoms with Crippen molar-refractivity contribution in [2.24, 2.45) is 11.7 Å². The van der Waals surface area contributed by atoms with Crippen LogP contribution in [0.4, 0.5) is 0 Å². The van der Waals surface area contributed by atoms with Crippen LogP contribution in [0.25, 0.3) is 0 Å². The van der Waals surface area contributed by atoms with Gasteiger partial charge in [0.1, 0.15) is 5.75 Å². The van der Waals surface area contributed by atoms with Gasteiger partial charge >= 0.3 is 0 Å². The highest BCUT2D eigenvalue weighted by Crippen LogP contribution is 2.40. The number of hydrogen-bond acceptors (Lipinski definition) is 2. The van der Waals surface area contributed by atoms with Crippen LogP contribution in [-0.2, 0) is 0 Å². The van der Waals surface area contributed by atoms with Gasteiger partial charge in [0.15, 0.2) is 0 Å². The molecule has 0 bridgehead atoms. The van der Waals surface area contributed by atoms with E-state index < -0.39 is 0 Å². The van der Waals surface area contributed by atoms with Gasteiger partial charge in [-0.15, -0.1) is 0 Å². The average molecular weight is 270 g/mol. The Morgan fingerprint density at radius 1 is 1.53 bits per heavy atom. The summed E-state index contributed by atoms with van der Waals surface area (Å²) < 4.78 is 6.46. The zero-order valence-electron chi connectivity index (χ0n) is 8.87. The van der Waals surface area contributed by atoms with E-state index in [-0.39, 0.29) is 6.04 Å². The van der Waals surface area contributed by atoms with E-state index in [2.05, 4.69) is 28.1 Å². The molecular formula is C12H16BrNO. The van der Waals surface area contributed by atoms with Gasteiger partial charge in [-0.1, -0.05) is 6.07 Å². The summed E-state index contributed by atoms with van der Waals surface area (Å²) in [5.74, 6) is 1.58. The topological polar surface area (TPSA) is 35.2 Å². The Hall–Kier alpha value is -0.540. The molecule has 1 atom stereocenters. The Balaban J connectivity index is 2.16. The number of benzene rings is 1. The van der Waals surface area contributed by atoms with E-state index in [1.807, 2.05) is 13.0 Å². The van der Waals surface area contributed by atoms with Gasteiger partial charge in [0.25, 0.3) is 0 Å². The maximum Gasteiger partial charge on any atom is 0.133 e. The van der Waals surface area contributed by atoms with Crippen LogP contribution in [0.5, 0.6) is 5.75 Å². The SMILES string of the molecule is CCOc1ccc(C(N)C2CC2)cc1Br. The van der Waals surface area contributed by atoms with Crippen LogP contribution in [-0.4, -0.2) is 6.61 Å². The third kappa shape index (κ3) is 2.52. The van der Waals surface area contributed by atoms with E-state index in [1.165, 1.54) is 18.4 Å². The fraction of sp³-hybridized carbons (Fsp3) is 0.500. The molecule has 1 saturated carbocycles. The molecule has 2 rings (SSSR count). The number of halogens is 1. The molecule has 1 unspecified atom stereocenters. The monoisotopic (exact) mass is 269 g/mol. The predicted molar refractivity (Wildman–Crippen MR) is 65.0 cm³/mol. The molecule has 1 fully saturated rings. The lowest BCUT2D eigenvalue weighted by Crippen LogP contribution is -2.12. The van der Waals surface area contributed by atoms with Crippen LogP contribution in [0, 0.1) is 5.92 Å². The molecule has 15 heavy (non-hydrogen) atoms. The van der Waals surface area contributed by atoms with E-state index in [1.54, 1.807) is 0 Å². The summed E-state index contributed by atoms with van der Waals surface area (Å²) in [7, 11) is 0. The lowest BCUT2D eigenvalue weighted by atomic mass is 10.0. The van der Waals surface area contributed by atoms with Crippen molar-refractivity contribution >= 4 is 15.9 Å². The zero-order chi connectivity index (χ0) is 10.8. The first-order valence-electron chi connectivity index (χ1n) is 5.40. The number of nitrogens with two attached hydrogens (primary N) is 1. The van der Waals surface area contributed by atoms with Gasteiger partial charge in [0.05, 0.1) is 11.1 Å². The molecule has 1 aromatic rings. The molecule has 1 aromatic carbocycles. The summed E-state index contributed by atoms with van der Waals surface area (Å²) in [4.78, 5) is 0. The lowest BCUT2D eigenvalue weighted by Gasteiger charge is -2.13. The normalized spacial score (nSPS) is 17.5. The molecule has 0 aromatic heterocycles. The van der Waals surface area contributed by atoms with Gasteiger partial charge in [0.2, 0.25) is 0 Å². The molecule has 2 N–H and O–H groups in total. The average Bonchev–Trinajstić information content (AvgIpc) is 3.04. The summed E-state index contributed by atoms with van der Waals surface area (Å²) in [6.45, 7) is 2.67. The molecule has 2 nitrogen and oxygen atoms in total. The lowest BCUT2D eigenvalue weighted by molar-refractivity contribution is 0.338. The van der Waals surface area contributed by atoms with Crippen molar-refractivity contribution in [2.75, 3.05) is 6.61 Å². The maximum absolute atomic E-state index is 6.13. The van der Waals surface area contributed by atoms with Gasteiger partial charge in [0, 0.05) is 6.04 Å². The second-order valence-corrected chi connectivity index (χ2v) is 4.84. The van der Waals surface area contributed by atoms with Crippen molar-refractivity contribution in [2.45, 2.75) is 25.8 Å². The van der Waals surface area contributed by atoms with Crippen LogP contribution in [0.2, 0.25) is 0 Å². The van der Waals surface area contributed by atoms with E-state index in [4.69, 9.17) is 10.5 Å². The number of ether oxygens (including phenoxy) is 1. The molecule has 0 aliphatic heterocycles. The standard InChI is InChI=1S/C12H16BrNO/c1-2-15-11-6-5-9(7-10(11)13)12(14)8-3-4-8/h5-8,12H,2-4,14H2,1H3. The van der Waals surface area contributed by atoms with E-state index in [0.717, 1.165) is 10.2 Å². The van der Waals surface area contributed by atoms with Crippen molar-refractivity contribution in [3.8, 4) is 5.75 Å². The Labute approximate surface area is 98.9 Å². The van der Waals surface area contributed by atoms with Gasteiger partial charge < -0.3 is 10.5 Å². The number of rotatable bonds is 4. The molecule has 82 valence electrons. The summed E-state index contributed by atoms with van der Waals surface area (Å²) in [5.41, 5.74) is 7.33. The predicted octanol–water partition coefficient (Wildman–Crippen LogP) is 3.26. The third-order valence-electron chi connectivity index (χ3n) is 2.77. The summed E-state index contributed by atoms with van der Waals surface area (Å²) in [6, 6.07) is 6.33. The molecule has 0 saturated heterocycles. The third-order valence-corrected chi connectivity index (χ3v) is 3.39. The highest BCUT2D eigenvalue weighted by atomic mass is 79.9. The van der Waals surface area contributed by atoms with E-state index in [0.29, 0.717) is 12.5 Å². The maximum atomic E-state index is 6.13. The molecule has 3 heteroatoms. The van der Waals surface area contributed by atoms with Gasteiger partial charge in [-0.3, -0.25) is 0 Å². The minimum Gasteiger partial charge on any atom is -0.493 e. The van der Waals surface area contributed by atoms with Gasteiger partial charge in [-0.05, 0) is 59.3 Å². The van der Waals surface area contributed by atoms with Crippen molar-refractivity contribution in [1.82, 2.24) is 0 Å². The Morgan fingerprint density at radius 2 is 2.27 bits per heavy atom. The van der Waals surface area contributed by atoms with E-state index in [9.17, 15) is 0 Å². The molecule has 1 aliphatic rings. The molecule has 0 heterocycles. The van der Waals surface area contributed by atoms with Crippen LogP contribution in [0.1, 0.15) is 31.4 Å². The van der Waals surface area contributed by atoms with Crippen LogP contribution in [0.15, 0.2) is 22.7 Å². The smallest absolute Gasteiger partial charge is 0.133 e. The van der Waals surface area contributed by atoms with Gasteiger partial charge in [-0.2, -0.15) is 0 Å². The van der Waals surface area contributed by atoms with Crippen LogP contribution < -0.4 is 10.5 Å². The molecule has 0 amide bonds. The minimum atomic E-state index is 0.192. The van der Waals surface area contributed by atoms with E-state index >= 15 is 0 Å². The van der Waals surface area contributed by atoms with Crippen molar-refractivity contribution < 1.29 is 4.74 Å². The zero-order valence-corrected chi connectivity index (χ0v) is 10.5. The second kappa shape index (κ2) is 4.54. The molecule has 0 spiro atoms. The quantitative estimate of drug-likeness (QED) is 0.911. The van der Waals surface area contributed by atoms with Gasteiger partial charge in [-0.25, -0.2) is 0 Å². The minimum absolute atomic E-state index is 0.192. The molecule has 0 radical (unpaired) electrons. The second-order valence-electron chi connectivity index (χ2n) is 3.99. The molecule has 1 aliphatic carbocycles. The molecular weight excluding hydrogens is 254 g/mol.